The molecule has 3 rings (SSSR count). The number of pyridine rings is 1. The molecule has 1 aromatic carbocycles. The number of hydrogen-bond donors (Lipinski definition) is 2. The zero-order chi connectivity index (χ0) is 13.4. The van der Waals surface area contributed by atoms with Crippen LogP contribution in [0.3, 0.4) is 0 Å². The van der Waals surface area contributed by atoms with Crippen LogP contribution in [0.25, 0.3) is 10.9 Å². The molecule has 0 unspecified atom stereocenters. The molecule has 1 saturated heterocycles. The van der Waals surface area contributed by atoms with Gasteiger partial charge in [-0.3, -0.25) is 4.79 Å². The van der Waals surface area contributed by atoms with E-state index in [2.05, 4.69) is 4.98 Å². The van der Waals surface area contributed by atoms with Crippen LogP contribution in [-0.2, 0) is 11.3 Å². The first kappa shape index (κ1) is 11.9. The van der Waals surface area contributed by atoms with E-state index in [4.69, 9.17) is 11.5 Å². The quantitative estimate of drug-likeness (QED) is 0.835. The molecule has 0 spiro atoms. The predicted molar refractivity (Wildman–Crippen MR) is 74.2 cm³/mol. The summed E-state index contributed by atoms with van der Waals surface area (Å²) in [6.07, 6.45) is 0.741. The van der Waals surface area contributed by atoms with Crippen molar-refractivity contribution in [2.45, 2.75) is 19.0 Å². The normalized spacial score (nSPS) is 19.3. The van der Waals surface area contributed by atoms with Gasteiger partial charge in [-0.15, -0.1) is 0 Å². The maximum absolute atomic E-state index is 11.8. The zero-order valence-electron chi connectivity index (χ0n) is 10.5. The molecule has 0 bridgehead atoms. The third-order valence-electron chi connectivity index (χ3n) is 3.49. The van der Waals surface area contributed by atoms with Crippen LogP contribution in [0.1, 0.15) is 12.0 Å². The van der Waals surface area contributed by atoms with E-state index in [-0.39, 0.29) is 11.9 Å². The van der Waals surface area contributed by atoms with Crippen molar-refractivity contribution in [1.82, 2.24) is 9.88 Å². The number of likely N-dealkylation sites (tertiary alicyclic amines) is 1. The van der Waals surface area contributed by atoms with Gasteiger partial charge in [0.2, 0.25) is 5.91 Å². The molecule has 19 heavy (non-hydrogen) atoms. The molecule has 98 valence electrons. The summed E-state index contributed by atoms with van der Waals surface area (Å²) in [4.78, 5) is 17.8. The zero-order valence-corrected chi connectivity index (χ0v) is 10.5. The second-order valence-corrected chi connectivity index (χ2v) is 4.92. The molecule has 2 heterocycles. The van der Waals surface area contributed by atoms with E-state index < -0.39 is 0 Å². The molecular formula is C14H16N4O. The Morgan fingerprint density at radius 3 is 2.89 bits per heavy atom. The Bertz CT molecular complexity index is 640. The van der Waals surface area contributed by atoms with Crippen molar-refractivity contribution in [3.63, 3.8) is 0 Å². The van der Waals surface area contributed by atoms with Gasteiger partial charge < -0.3 is 16.4 Å². The van der Waals surface area contributed by atoms with E-state index in [0.29, 0.717) is 12.4 Å². The fraction of sp³-hybridized carbons (Fsp3) is 0.286. The standard InChI is InChI=1S/C14H16N4O/c15-11-5-6-18(14(11)19)8-9-1-3-12-10(7-9)2-4-13(16)17-12/h1-4,7,11H,5-6,8,15H2,(H2,16,17)/t11-/m0/s1. The third kappa shape index (κ3) is 2.24. The van der Waals surface area contributed by atoms with Gasteiger partial charge in [0.05, 0.1) is 11.6 Å². The molecule has 2 aromatic rings. The van der Waals surface area contributed by atoms with Crippen LogP contribution in [-0.4, -0.2) is 28.4 Å². The largest absolute Gasteiger partial charge is 0.384 e. The van der Waals surface area contributed by atoms with Crippen LogP contribution in [0, 0.1) is 0 Å². The minimum absolute atomic E-state index is 0.0375. The van der Waals surface area contributed by atoms with Crippen molar-refractivity contribution >= 4 is 22.6 Å². The van der Waals surface area contributed by atoms with Gasteiger partial charge in [-0.2, -0.15) is 0 Å². The lowest BCUT2D eigenvalue weighted by Crippen LogP contribution is -2.33. The highest BCUT2D eigenvalue weighted by Gasteiger charge is 2.28. The number of carbonyl (C=O) groups is 1. The fourth-order valence-electron chi connectivity index (χ4n) is 2.43. The van der Waals surface area contributed by atoms with Crippen molar-refractivity contribution < 1.29 is 4.79 Å². The summed E-state index contributed by atoms with van der Waals surface area (Å²) < 4.78 is 0. The summed E-state index contributed by atoms with van der Waals surface area (Å²) in [5.74, 6) is 0.552. The maximum atomic E-state index is 11.8. The number of nitrogen functional groups attached to an aromatic ring is 1. The second-order valence-electron chi connectivity index (χ2n) is 4.92. The number of amides is 1. The molecule has 1 aromatic heterocycles. The lowest BCUT2D eigenvalue weighted by Gasteiger charge is -2.16. The number of fused-ring (bicyclic) bond motifs is 1. The van der Waals surface area contributed by atoms with E-state index in [1.807, 2.05) is 24.3 Å². The first-order chi connectivity index (χ1) is 9.13. The molecule has 1 amide bonds. The van der Waals surface area contributed by atoms with Gasteiger partial charge in [-0.05, 0) is 36.2 Å². The van der Waals surface area contributed by atoms with Crippen LogP contribution in [0.4, 0.5) is 5.82 Å². The van der Waals surface area contributed by atoms with Gasteiger partial charge in [0, 0.05) is 18.5 Å². The predicted octanol–water partition coefficient (Wildman–Crippen LogP) is 0.877. The van der Waals surface area contributed by atoms with Crippen molar-refractivity contribution in [3.05, 3.63) is 35.9 Å². The van der Waals surface area contributed by atoms with Gasteiger partial charge in [0.25, 0.3) is 0 Å². The molecule has 5 heteroatoms. The van der Waals surface area contributed by atoms with Gasteiger partial charge in [-0.1, -0.05) is 6.07 Å². The number of anilines is 1. The Labute approximate surface area is 111 Å². The number of nitrogens with zero attached hydrogens (tertiary/aromatic N) is 2. The van der Waals surface area contributed by atoms with Crippen LogP contribution in [0.2, 0.25) is 0 Å². The highest BCUT2D eigenvalue weighted by atomic mass is 16.2. The SMILES string of the molecule is Nc1ccc2cc(CN3CC[C@H](N)C3=O)ccc2n1. The Hall–Kier alpha value is -2.14. The van der Waals surface area contributed by atoms with Crippen molar-refractivity contribution in [2.24, 2.45) is 5.73 Å². The van der Waals surface area contributed by atoms with Crippen molar-refractivity contribution in [3.8, 4) is 0 Å². The van der Waals surface area contributed by atoms with E-state index in [1.165, 1.54) is 0 Å². The number of carbonyl (C=O) groups excluding carboxylic acids is 1. The van der Waals surface area contributed by atoms with E-state index in [0.717, 1.165) is 29.4 Å². The molecule has 1 fully saturated rings. The lowest BCUT2D eigenvalue weighted by atomic mass is 10.1. The minimum Gasteiger partial charge on any atom is -0.384 e. The molecule has 1 aliphatic heterocycles. The Kier molecular flexibility index (Phi) is 2.83. The number of rotatable bonds is 2. The summed E-state index contributed by atoms with van der Waals surface area (Å²) in [5.41, 5.74) is 13.3. The third-order valence-corrected chi connectivity index (χ3v) is 3.49. The topological polar surface area (TPSA) is 85.2 Å². The second kappa shape index (κ2) is 4.51. The average molecular weight is 256 g/mol. The lowest BCUT2D eigenvalue weighted by molar-refractivity contribution is -0.129. The van der Waals surface area contributed by atoms with Gasteiger partial charge in [-0.25, -0.2) is 4.98 Å². The van der Waals surface area contributed by atoms with Crippen molar-refractivity contribution in [2.75, 3.05) is 12.3 Å². The highest BCUT2D eigenvalue weighted by Crippen LogP contribution is 2.19. The molecule has 4 N–H and O–H groups in total. The summed E-state index contributed by atoms with van der Waals surface area (Å²) in [6, 6.07) is 9.34. The van der Waals surface area contributed by atoms with Gasteiger partial charge in [0.15, 0.2) is 0 Å². The molecule has 0 saturated carbocycles. The molecule has 0 aliphatic carbocycles. The number of benzene rings is 1. The summed E-state index contributed by atoms with van der Waals surface area (Å²) in [6.45, 7) is 1.34. The maximum Gasteiger partial charge on any atom is 0.239 e. The smallest absolute Gasteiger partial charge is 0.239 e. The minimum atomic E-state index is -0.332. The molecule has 5 nitrogen and oxygen atoms in total. The summed E-state index contributed by atoms with van der Waals surface area (Å²) >= 11 is 0. The Balaban J connectivity index is 1.86. The van der Waals surface area contributed by atoms with E-state index >= 15 is 0 Å². The first-order valence-corrected chi connectivity index (χ1v) is 6.33. The van der Waals surface area contributed by atoms with Gasteiger partial charge >= 0.3 is 0 Å². The van der Waals surface area contributed by atoms with Crippen molar-refractivity contribution in [1.29, 1.82) is 0 Å². The average Bonchev–Trinajstić information content (AvgIpc) is 2.71. The van der Waals surface area contributed by atoms with Gasteiger partial charge in [0.1, 0.15) is 5.82 Å². The first-order valence-electron chi connectivity index (χ1n) is 6.33. The van der Waals surface area contributed by atoms with E-state index in [1.54, 1.807) is 11.0 Å². The Morgan fingerprint density at radius 2 is 2.16 bits per heavy atom. The molecule has 1 aliphatic rings. The molecule has 0 radical (unpaired) electrons. The van der Waals surface area contributed by atoms with Crippen LogP contribution < -0.4 is 11.5 Å². The number of aromatic nitrogens is 1. The Morgan fingerprint density at radius 1 is 1.32 bits per heavy atom. The number of hydrogen-bond acceptors (Lipinski definition) is 4. The van der Waals surface area contributed by atoms with Crippen LogP contribution in [0.5, 0.6) is 0 Å². The molecular weight excluding hydrogens is 240 g/mol. The fourth-order valence-corrected chi connectivity index (χ4v) is 2.43. The van der Waals surface area contributed by atoms with Crippen LogP contribution >= 0.6 is 0 Å². The molecule has 1 atom stereocenters. The summed E-state index contributed by atoms with van der Waals surface area (Å²) in [5, 5.41) is 1.03. The number of nitrogens with two attached hydrogens (primary N) is 2. The highest BCUT2D eigenvalue weighted by molar-refractivity contribution is 5.84. The monoisotopic (exact) mass is 256 g/mol. The van der Waals surface area contributed by atoms with E-state index in [9.17, 15) is 4.79 Å². The summed E-state index contributed by atoms with van der Waals surface area (Å²) in [7, 11) is 0. The van der Waals surface area contributed by atoms with Crippen LogP contribution in [0.15, 0.2) is 30.3 Å².